The second kappa shape index (κ2) is 18.5. The summed E-state index contributed by atoms with van der Waals surface area (Å²) in [7, 11) is 0. The molecule has 0 radical (unpaired) electrons. The summed E-state index contributed by atoms with van der Waals surface area (Å²) in [6.45, 7) is 6.26. The molecular formula is C77H56N4. The Morgan fingerprint density at radius 3 is 0.988 bits per heavy atom. The number of hydrogen-bond acceptors (Lipinski definition) is 2. The van der Waals surface area contributed by atoms with Crippen molar-refractivity contribution in [1.82, 2.24) is 9.13 Å². The van der Waals surface area contributed by atoms with Crippen LogP contribution in [0.15, 0.2) is 279 Å². The Hall–Kier alpha value is -10.2. The van der Waals surface area contributed by atoms with Gasteiger partial charge in [0.25, 0.3) is 0 Å². The molecule has 2 heterocycles. The van der Waals surface area contributed by atoms with Crippen LogP contribution in [0.5, 0.6) is 0 Å². The van der Waals surface area contributed by atoms with E-state index in [1.54, 1.807) is 0 Å². The number of anilines is 6. The molecule has 14 aromatic rings. The van der Waals surface area contributed by atoms with Crippen LogP contribution in [0.1, 0.15) is 36.1 Å². The monoisotopic (exact) mass is 1040 g/mol. The number of para-hydroxylation sites is 2. The number of hydrogen-bond donors (Lipinski definition) is 0. The Kier molecular flexibility index (Phi) is 10.7. The van der Waals surface area contributed by atoms with Gasteiger partial charge in [-0.2, -0.15) is 0 Å². The lowest BCUT2D eigenvalue weighted by Crippen LogP contribution is -2.26. The summed E-state index contributed by atoms with van der Waals surface area (Å²) in [4.78, 5) is 4.94. The summed E-state index contributed by atoms with van der Waals surface area (Å²) < 4.78 is 4.92. The zero-order chi connectivity index (χ0) is 53.8. The van der Waals surface area contributed by atoms with Gasteiger partial charge in [-0.3, -0.25) is 0 Å². The zero-order valence-electron chi connectivity index (χ0n) is 45.3. The third-order valence-corrected chi connectivity index (χ3v) is 17.7. The van der Waals surface area contributed by atoms with Crippen molar-refractivity contribution in [1.29, 1.82) is 0 Å². The van der Waals surface area contributed by atoms with Crippen LogP contribution in [0.4, 0.5) is 34.1 Å². The molecule has 12 aromatic carbocycles. The maximum Gasteiger partial charge on any atom is 0.0727 e. The number of rotatable bonds is 10. The molecular weight excluding hydrogens is 981 g/mol. The fraction of sp³-hybridized carbons (Fsp3) is 0.0649. The molecule has 0 fully saturated rings. The predicted octanol–water partition coefficient (Wildman–Crippen LogP) is 20.6. The fourth-order valence-electron chi connectivity index (χ4n) is 14.2. The Balaban J connectivity index is 0.901. The summed E-state index contributed by atoms with van der Waals surface area (Å²) in [5, 5.41) is 5.01. The third kappa shape index (κ3) is 7.03. The second-order valence-corrected chi connectivity index (χ2v) is 21.7. The average molecular weight is 1040 g/mol. The average Bonchev–Trinajstić information content (AvgIpc) is 2.62. The first-order valence-electron chi connectivity index (χ1n) is 28.5. The summed E-state index contributed by atoms with van der Waals surface area (Å²) in [5.41, 5.74) is 26.2. The van der Waals surface area contributed by atoms with Crippen molar-refractivity contribution in [3.8, 4) is 44.5 Å². The van der Waals surface area contributed by atoms with Gasteiger partial charge >= 0.3 is 0 Å². The Labute approximate surface area is 472 Å². The molecule has 0 atom stereocenters. The van der Waals surface area contributed by atoms with Gasteiger partial charge in [0.15, 0.2) is 0 Å². The second-order valence-electron chi connectivity index (χ2n) is 21.7. The van der Waals surface area contributed by atoms with Crippen molar-refractivity contribution < 1.29 is 0 Å². The van der Waals surface area contributed by atoms with Crippen molar-refractivity contribution in [3.05, 3.63) is 301 Å². The van der Waals surface area contributed by atoms with E-state index in [0.717, 1.165) is 47.2 Å². The normalized spacial score (nSPS) is 12.8. The summed E-state index contributed by atoms with van der Waals surface area (Å²) in [6, 6.07) is 104. The number of aryl methyl sites for hydroxylation is 2. The van der Waals surface area contributed by atoms with Gasteiger partial charge < -0.3 is 18.9 Å². The lowest BCUT2D eigenvalue weighted by atomic mass is 9.70. The Morgan fingerprint density at radius 1 is 0.259 bits per heavy atom. The minimum atomic E-state index is -0.618. The number of benzene rings is 12. The molecule has 2 aliphatic rings. The fourth-order valence-corrected chi connectivity index (χ4v) is 14.2. The van der Waals surface area contributed by atoms with Crippen LogP contribution >= 0.6 is 0 Å². The molecule has 1 spiro atoms. The van der Waals surface area contributed by atoms with Crippen LogP contribution in [0.3, 0.4) is 0 Å². The van der Waals surface area contributed by atoms with Crippen molar-refractivity contribution in [2.45, 2.75) is 32.4 Å². The molecule has 384 valence electrons. The zero-order valence-corrected chi connectivity index (χ0v) is 45.3. The minimum absolute atomic E-state index is 0.618. The quantitative estimate of drug-likeness (QED) is 0.136. The molecule has 0 saturated heterocycles. The van der Waals surface area contributed by atoms with Crippen molar-refractivity contribution in [3.63, 3.8) is 0 Å². The maximum atomic E-state index is 2.52. The van der Waals surface area contributed by atoms with Crippen molar-refractivity contribution in [2.75, 3.05) is 9.80 Å². The summed E-state index contributed by atoms with van der Waals surface area (Å²) >= 11 is 0. The number of fused-ring (bicyclic) bond motifs is 16. The molecule has 16 rings (SSSR count). The summed E-state index contributed by atoms with van der Waals surface area (Å²) in [6.07, 6.45) is 0. The van der Waals surface area contributed by atoms with Gasteiger partial charge in [-0.05, 0) is 190 Å². The van der Waals surface area contributed by atoms with E-state index < -0.39 is 5.41 Å². The summed E-state index contributed by atoms with van der Waals surface area (Å²) in [5.74, 6) is 0. The lowest BCUT2D eigenvalue weighted by Gasteiger charge is -2.33. The first-order chi connectivity index (χ1) is 40.1. The molecule has 0 unspecified atom stereocenters. The molecule has 0 aliphatic heterocycles. The topological polar surface area (TPSA) is 16.3 Å². The molecule has 0 N–H and O–H groups in total. The maximum absolute atomic E-state index is 2.52. The highest BCUT2D eigenvalue weighted by Crippen LogP contribution is 2.64. The van der Waals surface area contributed by atoms with Crippen molar-refractivity contribution in [2.24, 2.45) is 0 Å². The van der Waals surface area contributed by atoms with E-state index in [-0.39, 0.29) is 0 Å². The van der Waals surface area contributed by atoms with Crippen molar-refractivity contribution >= 4 is 77.7 Å². The number of nitrogens with zero attached hydrogens (tertiary/aromatic N) is 4. The van der Waals surface area contributed by atoms with E-state index in [4.69, 9.17) is 0 Å². The van der Waals surface area contributed by atoms with Gasteiger partial charge in [0.1, 0.15) is 0 Å². The molecule has 4 nitrogen and oxygen atoms in total. The van der Waals surface area contributed by atoms with Gasteiger partial charge in [-0.25, -0.2) is 0 Å². The molecule has 0 bridgehead atoms. The van der Waals surface area contributed by atoms with E-state index in [9.17, 15) is 0 Å². The first kappa shape index (κ1) is 46.9. The van der Waals surface area contributed by atoms with Crippen LogP contribution in [0.25, 0.3) is 88.1 Å². The van der Waals surface area contributed by atoms with E-state index >= 15 is 0 Å². The minimum Gasteiger partial charge on any atom is -0.341 e. The van der Waals surface area contributed by atoms with Gasteiger partial charge in [-0.15, -0.1) is 0 Å². The molecule has 4 heteroatoms. The van der Waals surface area contributed by atoms with Crippen LogP contribution in [-0.4, -0.2) is 9.13 Å². The molecule has 0 saturated carbocycles. The standard InChI is InChI=1S/C77H56N4/c1-3-78-73-41-33-53(51-21-9-5-10-22-51)45-65(73)67-47-57(37-43-75(67)78)80(55-25-13-7-14-26-55)59-35-39-63-64-40-36-60(50-72(64)77(71(63)49-59)69-31-19-17-29-61(69)62-30-18-20-32-70(62)77)81(56-27-15-8-16-28-56)58-38-44-76-68(48-58)66-46-54(52-23-11-6-12-24-52)34-42-74(66)79(76)4-2/h5-50H,3-4H2,1-2H3. The molecule has 2 aromatic heterocycles. The largest absolute Gasteiger partial charge is 0.341 e. The molecule has 81 heavy (non-hydrogen) atoms. The van der Waals surface area contributed by atoms with Crippen LogP contribution in [0.2, 0.25) is 0 Å². The smallest absolute Gasteiger partial charge is 0.0727 e. The first-order valence-corrected chi connectivity index (χ1v) is 28.5. The van der Waals surface area contributed by atoms with Crippen LogP contribution < -0.4 is 9.80 Å². The van der Waals surface area contributed by atoms with Gasteiger partial charge in [0.05, 0.1) is 5.41 Å². The van der Waals surface area contributed by atoms with E-state index in [2.05, 4.69) is 312 Å². The Bertz CT molecular complexity index is 4480. The third-order valence-electron chi connectivity index (χ3n) is 17.7. The van der Waals surface area contributed by atoms with E-state index in [1.807, 2.05) is 0 Å². The lowest BCUT2D eigenvalue weighted by molar-refractivity contribution is 0.793. The van der Waals surface area contributed by atoms with Gasteiger partial charge in [0, 0.05) is 90.8 Å². The SMILES string of the molecule is CCn1c2ccc(-c3ccccc3)cc2c2cc(N(c3ccccc3)c3ccc4c(c3)C3(c5ccccc5-c5ccccc53)c3cc(N(c5ccccc5)c5ccc6c(c5)c5cc(-c7ccccc7)ccc5n6CC)ccc3-4)ccc21. The highest BCUT2D eigenvalue weighted by atomic mass is 15.2. The van der Waals surface area contributed by atoms with E-state index in [0.29, 0.717) is 0 Å². The number of aromatic nitrogens is 2. The highest BCUT2D eigenvalue weighted by Gasteiger charge is 2.52. The van der Waals surface area contributed by atoms with Gasteiger partial charge in [-0.1, -0.05) is 170 Å². The van der Waals surface area contributed by atoms with Crippen LogP contribution in [-0.2, 0) is 18.5 Å². The van der Waals surface area contributed by atoms with E-state index in [1.165, 1.54) is 110 Å². The highest BCUT2D eigenvalue weighted by molar-refractivity contribution is 6.12. The predicted molar refractivity (Wildman–Crippen MR) is 340 cm³/mol. The molecule has 0 amide bonds. The molecule has 2 aliphatic carbocycles. The van der Waals surface area contributed by atoms with Gasteiger partial charge in [0.2, 0.25) is 0 Å². The Morgan fingerprint density at radius 2 is 0.580 bits per heavy atom. The van der Waals surface area contributed by atoms with Crippen LogP contribution in [0, 0.1) is 0 Å².